The van der Waals surface area contributed by atoms with Crippen LogP contribution in [-0.2, 0) is 13.0 Å². The maximum atomic E-state index is 11.7. The van der Waals surface area contributed by atoms with Gasteiger partial charge in [-0.2, -0.15) is 0 Å². The van der Waals surface area contributed by atoms with Gasteiger partial charge in [-0.1, -0.05) is 11.6 Å². The SMILES string of the molecule is N/C(=N/O)c1c2n(c(=O)[nH]c1=O)CCCCC2. The third kappa shape index (κ3) is 1.95. The molecule has 0 atom stereocenters. The van der Waals surface area contributed by atoms with Crippen molar-refractivity contribution in [1.29, 1.82) is 0 Å². The van der Waals surface area contributed by atoms with Gasteiger partial charge in [0.15, 0.2) is 5.84 Å². The van der Waals surface area contributed by atoms with E-state index in [0.717, 1.165) is 19.3 Å². The van der Waals surface area contributed by atoms with E-state index in [1.54, 1.807) is 0 Å². The van der Waals surface area contributed by atoms with Gasteiger partial charge in [-0.25, -0.2) is 4.79 Å². The number of nitrogens with zero attached hydrogens (tertiary/aromatic N) is 2. The Morgan fingerprint density at radius 2 is 2.12 bits per heavy atom. The Morgan fingerprint density at radius 3 is 2.82 bits per heavy atom. The average molecular weight is 238 g/mol. The maximum Gasteiger partial charge on any atom is 0.328 e. The van der Waals surface area contributed by atoms with Crippen molar-refractivity contribution >= 4 is 5.84 Å². The molecule has 0 saturated heterocycles. The van der Waals surface area contributed by atoms with Gasteiger partial charge in [-0.05, 0) is 19.3 Å². The predicted octanol–water partition coefficient (Wildman–Crippen LogP) is -0.643. The molecule has 7 heteroatoms. The fraction of sp³-hybridized carbons (Fsp3) is 0.500. The highest BCUT2D eigenvalue weighted by molar-refractivity contribution is 5.97. The molecule has 0 spiro atoms. The van der Waals surface area contributed by atoms with Gasteiger partial charge >= 0.3 is 5.69 Å². The highest BCUT2D eigenvalue weighted by Crippen LogP contribution is 2.13. The molecular weight excluding hydrogens is 224 g/mol. The fourth-order valence-corrected chi connectivity index (χ4v) is 2.17. The molecule has 2 rings (SSSR count). The number of aromatic amines is 1. The molecule has 17 heavy (non-hydrogen) atoms. The summed E-state index contributed by atoms with van der Waals surface area (Å²) in [6.45, 7) is 0.552. The van der Waals surface area contributed by atoms with Crippen LogP contribution in [0.15, 0.2) is 14.7 Å². The number of hydrogen-bond acceptors (Lipinski definition) is 4. The van der Waals surface area contributed by atoms with Crippen molar-refractivity contribution in [3.05, 3.63) is 32.1 Å². The molecule has 0 unspecified atom stereocenters. The number of oxime groups is 1. The standard InChI is InChI=1S/C10H14N4O3/c11-8(13-17)7-6-4-2-1-3-5-14(6)10(16)12-9(7)15/h17H,1-5H2,(H2,11,13)(H,12,15,16). The lowest BCUT2D eigenvalue weighted by atomic mass is 10.1. The number of amidine groups is 1. The molecule has 0 amide bonds. The zero-order valence-corrected chi connectivity index (χ0v) is 9.27. The molecule has 1 aliphatic heterocycles. The average Bonchev–Trinajstić information content (AvgIpc) is 2.54. The first kappa shape index (κ1) is 11.4. The molecule has 0 fully saturated rings. The molecule has 7 nitrogen and oxygen atoms in total. The zero-order chi connectivity index (χ0) is 12.4. The second kappa shape index (κ2) is 4.44. The van der Waals surface area contributed by atoms with Crippen molar-refractivity contribution in [1.82, 2.24) is 9.55 Å². The monoisotopic (exact) mass is 238 g/mol. The highest BCUT2D eigenvalue weighted by atomic mass is 16.4. The lowest BCUT2D eigenvalue weighted by Gasteiger charge is -2.11. The Bertz CT molecular complexity index is 570. The van der Waals surface area contributed by atoms with Crippen molar-refractivity contribution in [2.45, 2.75) is 32.2 Å². The number of nitrogens with one attached hydrogen (secondary N) is 1. The Hall–Kier alpha value is -2.05. The Kier molecular flexibility index (Phi) is 2.99. The topological polar surface area (TPSA) is 113 Å². The molecule has 0 aliphatic carbocycles. The summed E-state index contributed by atoms with van der Waals surface area (Å²) in [6.07, 6.45) is 3.35. The molecular formula is C10H14N4O3. The third-order valence-electron chi connectivity index (χ3n) is 2.97. The highest BCUT2D eigenvalue weighted by Gasteiger charge is 2.19. The van der Waals surface area contributed by atoms with E-state index in [4.69, 9.17) is 10.9 Å². The van der Waals surface area contributed by atoms with Crippen molar-refractivity contribution < 1.29 is 5.21 Å². The van der Waals surface area contributed by atoms with Gasteiger partial charge in [0.2, 0.25) is 0 Å². The number of hydrogen-bond donors (Lipinski definition) is 3. The van der Waals surface area contributed by atoms with Crippen molar-refractivity contribution in [3.8, 4) is 0 Å². The van der Waals surface area contributed by atoms with Crippen LogP contribution >= 0.6 is 0 Å². The number of nitrogens with two attached hydrogens (primary N) is 1. The third-order valence-corrected chi connectivity index (χ3v) is 2.97. The summed E-state index contributed by atoms with van der Waals surface area (Å²) in [5.41, 5.74) is 5.12. The minimum Gasteiger partial charge on any atom is -0.409 e. The molecule has 1 aromatic rings. The number of aromatic nitrogens is 2. The van der Waals surface area contributed by atoms with Gasteiger partial charge < -0.3 is 10.9 Å². The van der Waals surface area contributed by atoms with Crippen LogP contribution in [0, 0.1) is 0 Å². The first-order valence-electron chi connectivity index (χ1n) is 5.49. The Morgan fingerprint density at radius 1 is 1.35 bits per heavy atom. The summed E-state index contributed by atoms with van der Waals surface area (Å²) >= 11 is 0. The van der Waals surface area contributed by atoms with E-state index in [1.165, 1.54) is 4.57 Å². The van der Waals surface area contributed by atoms with E-state index in [9.17, 15) is 9.59 Å². The van der Waals surface area contributed by atoms with Gasteiger partial charge in [0.1, 0.15) is 5.56 Å². The van der Waals surface area contributed by atoms with E-state index in [1.807, 2.05) is 0 Å². The van der Waals surface area contributed by atoms with Gasteiger partial charge in [-0.3, -0.25) is 14.3 Å². The smallest absolute Gasteiger partial charge is 0.328 e. The summed E-state index contributed by atoms with van der Waals surface area (Å²) in [5, 5.41) is 11.5. The molecule has 0 bridgehead atoms. The van der Waals surface area contributed by atoms with Gasteiger partial charge in [0, 0.05) is 12.2 Å². The molecule has 2 heterocycles. The van der Waals surface area contributed by atoms with Crippen LogP contribution in [0.25, 0.3) is 0 Å². The first-order chi connectivity index (χ1) is 8.15. The van der Waals surface area contributed by atoms with Gasteiger partial charge in [0.25, 0.3) is 5.56 Å². The second-order valence-electron chi connectivity index (χ2n) is 4.03. The zero-order valence-electron chi connectivity index (χ0n) is 9.27. The number of H-pyrrole nitrogens is 1. The second-order valence-corrected chi connectivity index (χ2v) is 4.03. The summed E-state index contributed by atoms with van der Waals surface area (Å²) in [7, 11) is 0. The summed E-state index contributed by atoms with van der Waals surface area (Å²) < 4.78 is 1.50. The number of fused-ring (bicyclic) bond motifs is 1. The van der Waals surface area contributed by atoms with E-state index in [0.29, 0.717) is 18.7 Å². The normalized spacial score (nSPS) is 16.4. The van der Waals surface area contributed by atoms with Crippen LogP contribution in [0.5, 0.6) is 0 Å². The fourth-order valence-electron chi connectivity index (χ4n) is 2.17. The van der Waals surface area contributed by atoms with Crippen LogP contribution in [0.4, 0.5) is 0 Å². The molecule has 0 radical (unpaired) electrons. The first-order valence-corrected chi connectivity index (χ1v) is 5.49. The van der Waals surface area contributed by atoms with Crippen LogP contribution < -0.4 is 17.0 Å². The molecule has 1 aliphatic rings. The molecule has 4 N–H and O–H groups in total. The predicted molar refractivity (Wildman–Crippen MR) is 61.4 cm³/mol. The maximum absolute atomic E-state index is 11.7. The Labute approximate surface area is 96.6 Å². The quantitative estimate of drug-likeness (QED) is 0.261. The van der Waals surface area contributed by atoms with Crippen molar-refractivity contribution in [3.63, 3.8) is 0 Å². The Balaban J connectivity index is 2.75. The lowest BCUT2D eigenvalue weighted by Crippen LogP contribution is -2.38. The van der Waals surface area contributed by atoms with E-state index in [-0.39, 0.29) is 11.4 Å². The summed E-state index contributed by atoms with van der Waals surface area (Å²) in [6, 6.07) is 0. The minimum atomic E-state index is -0.599. The largest absolute Gasteiger partial charge is 0.409 e. The van der Waals surface area contributed by atoms with Crippen molar-refractivity contribution in [2.24, 2.45) is 10.9 Å². The van der Waals surface area contributed by atoms with Gasteiger partial charge in [0.05, 0.1) is 0 Å². The van der Waals surface area contributed by atoms with Crippen LogP contribution in [0.2, 0.25) is 0 Å². The van der Waals surface area contributed by atoms with E-state index in [2.05, 4.69) is 10.1 Å². The molecule has 0 aromatic carbocycles. The summed E-state index contributed by atoms with van der Waals surface area (Å²) in [4.78, 5) is 25.5. The minimum absolute atomic E-state index is 0.106. The van der Waals surface area contributed by atoms with Crippen LogP contribution in [-0.4, -0.2) is 20.6 Å². The molecule has 1 aromatic heterocycles. The van der Waals surface area contributed by atoms with Crippen molar-refractivity contribution in [2.75, 3.05) is 0 Å². The molecule has 92 valence electrons. The number of rotatable bonds is 1. The lowest BCUT2D eigenvalue weighted by molar-refractivity contribution is 0.318. The van der Waals surface area contributed by atoms with E-state index >= 15 is 0 Å². The van der Waals surface area contributed by atoms with Gasteiger partial charge in [-0.15, -0.1) is 0 Å². The molecule has 0 saturated carbocycles. The summed E-state index contributed by atoms with van der Waals surface area (Å²) in [5.74, 6) is -0.253. The van der Waals surface area contributed by atoms with Crippen LogP contribution in [0.1, 0.15) is 30.5 Å². The van der Waals surface area contributed by atoms with Crippen LogP contribution in [0.3, 0.4) is 0 Å². The van der Waals surface area contributed by atoms with E-state index < -0.39 is 11.2 Å².